The number of aromatic nitrogens is 1. The standard InChI is InChI=1S/C14H16N4O4S/c1-22-9-2-8(15)4-17(5-9)3-7-6-23-13-10(16)12(19)18(13)11(7)14(20)21/h2,4-5,10,13H,3,6,15-16H2,1H3/p+1/t10-,13+/m1/s1. The van der Waals surface area contributed by atoms with Crippen molar-refractivity contribution >= 4 is 29.3 Å². The molecule has 0 unspecified atom stereocenters. The molecule has 0 bridgehead atoms. The number of carboxylic acids is 1. The summed E-state index contributed by atoms with van der Waals surface area (Å²) in [5, 5.41) is 9.21. The number of nitrogens with two attached hydrogens (primary N) is 2. The van der Waals surface area contributed by atoms with Gasteiger partial charge < -0.3 is 21.3 Å². The van der Waals surface area contributed by atoms with Crippen molar-refractivity contribution in [1.82, 2.24) is 4.90 Å². The maximum absolute atomic E-state index is 11.9. The second-order valence-corrected chi connectivity index (χ2v) is 6.48. The molecular weight excluding hydrogens is 320 g/mol. The zero-order valence-corrected chi connectivity index (χ0v) is 13.2. The number of nitrogens with zero attached hydrogens (tertiary/aromatic N) is 2. The highest BCUT2D eigenvalue weighted by Crippen LogP contribution is 2.39. The van der Waals surface area contributed by atoms with E-state index in [9.17, 15) is 14.7 Å². The minimum atomic E-state index is -1.12. The lowest BCUT2D eigenvalue weighted by atomic mass is 10.0. The lowest BCUT2D eigenvalue weighted by Crippen LogP contribution is -2.68. The number of hydrogen-bond acceptors (Lipinski definition) is 6. The predicted octanol–water partition coefficient (Wildman–Crippen LogP) is -0.854. The lowest BCUT2D eigenvalue weighted by molar-refractivity contribution is -0.688. The molecule has 0 spiro atoms. The van der Waals surface area contributed by atoms with E-state index >= 15 is 0 Å². The number of carboxylic acid groups (broad SMARTS) is 1. The number of aliphatic carboxylic acids is 1. The van der Waals surface area contributed by atoms with Gasteiger partial charge in [-0.05, 0) is 0 Å². The van der Waals surface area contributed by atoms with Crippen LogP contribution in [0.3, 0.4) is 0 Å². The van der Waals surface area contributed by atoms with Gasteiger partial charge >= 0.3 is 5.97 Å². The summed E-state index contributed by atoms with van der Waals surface area (Å²) in [5.74, 6) is -0.409. The van der Waals surface area contributed by atoms with Crippen molar-refractivity contribution in [3.8, 4) is 5.75 Å². The van der Waals surface area contributed by atoms with Crippen LogP contribution in [0.15, 0.2) is 29.7 Å². The normalized spacial score (nSPS) is 23.4. The molecule has 2 aliphatic rings. The van der Waals surface area contributed by atoms with Gasteiger partial charge in [-0.3, -0.25) is 9.69 Å². The summed E-state index contributed by atoms with van der Waals surface area (Å²) < 4.78 is 6.91. The van der Waals surface area contributed by atoms with Crippen molar-refractivity contribution in [3.05, 3.63) is 29.7 Å². The molecule has 0 aromatic carbocycles. The maximum atomic E-state index is 11.9. The van der Waals surface area contributed by atoms with E-state index in [-0.39, 0.29) is 17.0 Å². The zero-order chi connectivity index (χ0) is 16.7. The van der Waals surface area contributed by atoms with Crippen molar-refractivity contribution in [3.63, 3.8) is 0 Å². The largest absolute Gasteiger partial charge is 0.491 e. The average molecular weight is 337 g/mol. The number of thioether (sulfide) groups is 1. The Kier molecular flexibility index (Phi) is 3.90. The highest BCUT2D eigenvalue weighted by atomic mass is 32.2. The highest BCUT2D eigenvalue weighted by molar-refractivity contribution is 8.00. The monoisotopic (exact) mass is 337 g/mol. The quantitative estimate of drug-likeness (QED) is 0.483. The Bertz CT molecular complexity index is 721. The van der Waals surface area contributed by atoms with Crippen molar-refractivity contribution < 1.29 is 24.0 Å². The third kappa shape index (κ3) is 2.62. The van der Waals surface area contributed by atoms with Crippen LogP contribution < -0.4 is 20.8 Å². The van der Waals surface area contributed by atoms with Gasteiger partial charge in [0, 0.05) is 17.4 Å². The number of nitrogen functional groups attached to an aromatic ring is 1. The zero-order valence-electron chi connectivity index (χ0n) is 12.4. The smallest absolute Gasteiger partial charge is 0.352 e. The molecule has 2 atom stereocenters. The fourth-order valence-corrected chi connectivity index (χ4v) is 4.04. The van der Waals surface area contributed by atoms with Gasteiger partial charge in [0.25, 0.3) is 0 Å². The number of carbonyl (C=O) groups excluding carboxylic acids is 1. The van der Waals surface area contributed by atoms with E-state index in [4.69, 9.17) is 16.2 Å². The van der Waals surface area contributed by atoms with Gasteiger partial charge in [-0.15, -0.1) is 11.8 Å². The average Bonchev–Trinajstić information content (AvgIpc) is 2.52. The molecule has 3 heterocycles. The van der Waals surface area contributed by atoms with Crippen LogP contribution in [0.2, 0.25) is 0 Å². The van der Waals surface area contributed by atoms with Crippen LogP contribution in [0.1, 0.15) is 0 Å². The molecule has 1 fully saturated rings. The van der Waals surface area contributed by atoms with Crippen molar-refractivity contribution in [2.75, 3.05) is 18.6 Å². The molecule has 1 saturated heterocycles. The van der Waals surface area contributed by atoms with Gasteiger partial charge in [0.2, 0.25) is 12.1 Å². The molecule has 122 valence electrons. The molecule has 9 heteroatoms. The summed E-state index contributed by atoms with van der Waals surface area (Å²) in [6, 6.07) is 1.04. The Morgan fingerprint density at radius 1 is 1.57 bits per heavy atom. The Morgan fingerprint density at radius 2 is 2.30 bits per heavy atom. The minimum absolute atomic E-state index is 0.0225. The Hall–Kier alpha value is -2.26. The summed E-state index contributed by atoms with van der Waals surface area (Å²) in [4.78, 5) is 24.8. The molecule has 3 rings (SSSR count). The molecule has 0 saturated carbocycles. The molecule has 2 aliphatic heterocycles. The Balaban J connectivity index is 1.95. The number of carbonyl (C=O) groups is 2. The van der Waals surface area contributed by atoms with Crippen LogP contribution in [0.5, 0.6) is 5.75 Å². The molecule has 23 heavy (non-hydrogen) atoms. The fourth-order valence-electron chi connectivity index (χ4n) is 2.76. The third-order valence-electron chi connectivity index (χ3n) is 3.82. The fraction of sp³-hybridized carbons (Fsp3) is 0.357. The predicted molar refractivity (Wildman–Crippen MR) is 83.3 cm³/mol. The summed E-state index contributed by atoms with van der Waals surface area (Å²) >= 11 is 1.47. The first-order chi connectivity index (χ1) is 10.9. The van der Waals surface area contributed by atoms with Crippen LogP contribution in [0.25, 0.3) is 0 Å². The maximum Gasteiger partial charge on any atom is 0.352 e. The number of hydrogen-bond donors (Lipinski definition) is 3. The van der Waals surface area contributed by atoms with Crippen LogP contribution in [0.4, 0.5) is 5.69 Å². The summed E-state index contributed by atoms with van der Waals surface area (Å²) in [5.41, 5.74) is 12.7. The van der Waals surface area contributed by atoms with E-state index in [0.29, 0.717) is 29.3 Å². The molecule has 1 amide bonds. The van der Waals surface area contributed by atoms with Crippen LogP contribution in [0, 0.1) is 0 Å². The molecule has 0 radical (unpaired) electrons. The molecule has 0 aliphatic carbocycles. The molecule has 8 nitrogen and oxygen atoms in total. The number of anilines is 1. The minimum Gasteiger partial charge on any atom is -0.491 e. The number of rotatable bonds is 4. The molecule has 1 aromatic heterocycles. The van der Waals surface area contributed by atoms with E-state index in [1.165, 1.54) is 23.8 Å². The lowest BCUT2D eigenvalue weighted by Gasteiger charge is -2.47. The van der Waals surface area contributed by atoms with Gasteiger partial charge in [0.15, 0.2) is 18.5 Å². The SMILES string of the molecule is COc1cc(N)c[n+](CC2=C(C(=O)O)N3C(=O)[C@@H](N)[C@@H]3SC2)c1. The van der Waals surface area contributed by atoms with E-state index in [2.05, 4.69) is 0 Å². The Labute approximate surface area is 136 Å². The van der Waals surface area contributed by atoms with Gasteiger partial charge in [0.05, 0.1) is 7.11 Å². The Morgan fingerprint density at radius 3 is 2.96 bits per heavy atom. The first-order valence-electron chi connectivity index (χ1n) is 6.91. The topological polar surface area (TPSA) is 123 Å². The summed E-state index contributed by atoms with van der Waals surface area (Å²) in [7, 11) is 1.53. The summed E-state index contributed by atoms with van der Waals surface area (Å²) in [6.07, 6.45) is 3.42. The second-order valence-electron chi connectivity index (χ2n) is 5.37. The van der Waals surface area contributed by atoms with Crippen molar-refractivity contribution in [1.29, 1.82) is 0 Å². The van der Waals surface area contributed by atoms with Crippen molar-refractivity contribution in [2.24, 2.45) is 5.73 Å². The number of ether oxygens (including phenoxy) is 1. The van der Waals surface area contributed by atoms with Gasteiger partial charge in [-0.25, -0.2) is 4.79 Å². The number of pyridine rings is 1. The second kappa shape index (κ2) is 5.74. The van der Waals surface area contributed by atoms with Crippen LogP contribution in [-0.4, -0.2) is 46.2 Å². The van der Waals surface area contributed by atoms with E-state index in [1.807, 2.05) is 0 Å². The van der Waals surface area contributed by atoms with E-state index in [1.54, 1.807) is 23.0 Å². The molecule has 5 N–H and O–H groups in total. The van der Waals surface area contributed by atoms with E-state index in [0.717, 1.165) is 0 Å². The third-order valence-corrected chi connectivity index (χ3v) is 5.18. The summed E-state index contributed by atoms with van der Waals surface area (Å²) in [6.45, 7) is 0.307. The van der Waals surface area contributed by atoms with Crippen LogP contribution in [-0.2, 0) is 16.1 Å². The number of β-lactam (4-membered cyclic amide) rings is 1. The van der Waals surface area contributed by atoms with Gasteiger partial charge in [0.1, 0.15) is 22.8 Å². The number of methoxy groups -OCH3 is 1. The molecule has 1 aromatic rings. The number of fused-ring (bicyclic) bond motifs is 1. The van der Waals surface area contributed by atoms with Crippen molar-refractivity contribution in [2.45, 2.75) is 18.0 Å². The van der Waals surface area contributed by atoms with Gasteiger partial charge in [-0.1, -0.05) is 0 Å². The van der Waals surface area contributed by atoms with E-state index < -0.39 is 12.0 Å². The first kappa shape index (κ1) is 15.6. The van der Waals surface area contributed by atoms with Gasteiger partial charge in [-0.2, -0.15) is 4.57 Å². The molecular formula is C14H17N4O4S+. The van der Waals surface area contributed by atoms with Crippen LogP contribution >= 0.6 is 11.8 Å². The first-order valence-corrected chi connectivity index (χ1v) is 7.96. The highest BCUT2D eigenvalue weighted by Gasteiger charge is 2.52. The number of amides is 1.